The van der Waals surface area contributed by atoms with Crippen LogP contribution in [0.15, 0.2) is 30.5 Å². The SMILES string of the molecule is Cc1cnc(NN)nc1Nc1cccc(F)c1. The van der Waals surface area contributed by atoms with Crippen LogP contribution in [0, 0.1) is 12.7 Å². The summed E-state index contributed by atoms with van der Waals surface area (Å²) in [6.07, 6.45) is 1.63. The van der Waals surface area contributed by atoms with E-state index in [9.17, 15) is 4.39 Å². The lowest BCUT2D eigenvalue weighted by molar-refractivity contribution is 0.628. The molecule has 2 rings (SSSR count). The van der Waals surface area contributed by atoms with Crippen LogP contribution in [-0.4, -0.2) is 9.97 Å². The van der Waals surface area contributed by atoms with Crippen molar-refractivity contribution in [3.8, 4) is 0 Å². The van der Waals surface area contributed by atoms with Crippen LogP contribution in [0.5, 0.6) is 0 Å². The van der Waals surface area contributed by atoms with Crippen LogP contribution in [0.4, 0.5) is 21.8 Å². The van der Waals surface area contributed by atoms with E-state index < -0.39 is 0 Å². The second kappa shape index (κ2) is 4.75. The number of hydrogen-bond acceptors (Lipinski definition) is 5. The maximum Gasteiger partial charge on any atom is 0.239 e. The second-order valence-electron chi connectivity index (χ2n) is 3.50. The third-order valence-electron chi connectivity index (χ3n) is 2.19. The van der Waals surface area contributed by atoms with Gasteiger partial charge in [-0.15, -0.1) is 0 Å². The number of halogens is 1. The number of hydrazine groups is 1. The first-order chi connectivity index (χ1) is 8.19. The smallest absolute Gasteiger partial charge is 0.239 e. The van der Waals surface area contributed by atoms with Gasteiger partial charge in [-0.3, -0.25) is 5.43 Å². The van der Waals surface area contributed by atoms with E-state index in [1.807, 2.05) is 6.92 Å². The zero-order chi connectivity index (χ0) is 12.3. The summed E-state index contributed by atoms with van der Waals surface area (Å²) < 4.78 is 13.0. The lowest BCUT2D eigenvalue weighted by Crippen LogP contribution is -2.11. The number of nitrogens with two attached hydrogens (primary N) is 1. The molecule has 0 fully saturated rings. The van der Waals surface area contributed by atoms with Gasteiger partial charge >= 0.3 is 0 Å². The Labute approximate surface area is 97.9 Å². The number of anilines is 3. The quantitative estimate of drug-likeness (QED) is 0.558. The maximum atomic E-state index is 13.0. The maximum absolute atomic E-state index is 13.0. The van der Waals surface area contributed by atoms with Crippen LogP contribution in [-0.2, 0) is 0 Å². The largest absolute Gasteiger partial charge is 0.340 e. The van der Waals surface area contributed by atoms with Crippen molar-refractivity contribution in [2.45, 2.75) is 6.92 Å². The van der Waals surface area contributed by atoms with Gasteiger partial charge in [0.2, 0.25) is 5.95 Å². The van der Waals surface area contributed by atoms with E-state index >= 15 is 0 Å². The summed E-state index contributed by atoms with van der Waals surface area (Å²) in [6, 6.07) is 6.14. The number of rotatable bonds is 3. The topological polar surface area (TPSA) is 75.9 Å². The van der Waals surface area contributed by atoms with Crippen molar-refractivity contribution < 1.29 is 4.39 Å². The Hall–Kier alpha value is -2.21. The van der Waals surface area contributed by atoms with Crippen LogP contribution in [0.1, 0.15) is 5.56 Å². The molecule has 0 aliphatic heterocycles. The number of hydrogen-bond donors (Lipinski definition) is 3. The van der Waals surface area contributed by atoms with Gasteiger partial charge in [0.25, 0.3) is 0 Å². The highest BCUT2D eigenvalue weighted by atomic mass is 19.1. The molecule has 0 saturated heterocycles. The summed E-state index contributed by atoms with van der Waals surface area (Å²) in [5, 5.41) is 3.00. The van der Waals surface area contributed by atoms with Gasteiger partial charge in [-0.25, -0.2) is 15.2 Å². The predicted octanol–water partition coefficient (Wildman–Crippen LogP) is 1.95. The molecule has 4 N–H and O–H groups in total. The fourth-order valence-electron chi connectivity index (χ4n) is 1.34. The van der Waals surface area contributed by atoms with Crippen LogP contribution >= 0.6 is 0 Å². The van der Waals surface area contributed by atoms with E-state index in [4.69, 9.17) is 5.84 Å². The first-order valence-electron chi connectivity index (χ1n) is 5.02. The van der Waals surface area contributed by atoms with Crippen LogP contribution < -0.4 is 16.6 Å². The fraction of sp³-hybridized carbons (Fsp3) is 0.0909. The van der Waals surface area contributed by atoms with Gasteiger partial charge in [0.05, 0.1) is 0 Å². The minimum Gasteiger partial charge on any atom is -0.340 e. The zero-order valence-corrected chi connectivity index (χ0v) is 9.24. The van der Waals surface area contributed by atoms with Crippen LogP contribution in [0.3, 0.4) is 0 Å². The van der Waals surface area contributed by atoms with Crippen molar-refractivity contribution in [3.05, 3.63) is 41.8 Å². The van der Waals surface area contributed by atoms with Crippen molar-refractivity contribution in [1.82, 2.24) is 9.97 Å². The van der Waals surface area contributed by atoms with Crippen molar-refractivity contribution in [3.63, 3.8) is 0 Å². The van der Waals surface area contributed by atoms with E-state index in [0.29, 0.717) is 17.5 Å². The average molecular weight is 233 g/mol. The highest BCUT2D eigenvalue weighted by Crippen LogP contribution is 2.19. The number of aryl methyl sites for hydroxylation is 1. The highest BCUT2D eigenvalue weighted by molar-refractivity contribution is 5.59. The fourth-order valence-corrected chi connectivity index (χ4v) is 1.34. The summed E-state index contributed by atoms with van der Waals surface area (Å²) in [5.41, 5.74) is 3.82. The number of nitrogens with one attached hydrogen (secondary N) is 2. The number of nitrogens with zero attached hydrogens (tertiary/aromatic N) is 2. The summed E-state index contributed by atoms with van der Waals surface area (Å²) >= 11 is 0. The molecule has 0 saturated carbocycles. The Kier molecular flexibility index (Phi) is 3.15. The molecule has 17 heavy (non-hydrogen) atoms. The minimum absolute atomic E-state index is 0.300. The molecule has 0 atom stereocenters. The summed E-state index contributed by atoms with van der Waals surface area (Å²) in [6.45, 7) is 1.85. The molecule has 6 heteroatoms. The first kappa shape index (κ1) is 11.3. The predicted molar refractivity (Wildman–Crippen MR) is 64.3 cm³/mol. The van der Waals surface area contributed by atoms with Gasteiger partial charge in [-0.1, -0.05) is 6.07 Å². The molecule has 0 spiro atoms. The molecule has 5 nitrogen and oxygen atoms in total. The Morgan fingerprint density at radius 2 is 2.18 bits per heavy atom. The third-order valence-corrected chi connectivity index (χ3v) is 2.19. The lowest BCUT2D eigenvalue weighted by atomic mass is 10.3. The number of nitrogen functional groups attached to an aromatic ring is 1. The van der Waals surface area contributed by atoms with E-state index in [-0.39, 0.29) is 5.82 Å². The van der Waals surface area contributed by atoms with Crippen molar-refractivity contribution in [2.24, 2.45) is 5.84 Å². The zero-order valence-electron chi connectivity index (χ0n) is 9.24. The first-order valence-corrected chi connectivity index (χ1v) is 5.02. The van der Waals surface area contributed by atoms with Gasteiger partial charge in [0.15, 0.2) is 0 Å². The molecule has 1 aromatic heterocycles. The minimum atomic E-state index is -0.307. The molecule has 0 unspecified atom stereocenters. The normalized spacial score (nSPS) is 10.1. The number of benzene rings is 1. The monoisotopic (exact) mass is 233 g/mol. The van der Waals surface area contributed by atoms with Gasteiger partial charge in [-0.05, 0) is 25.1 Å². The van der Waals surface area contributed by atoms with Gasteiger partial charge in [-0.2, -0.15) is 4.98 Å². The van der Waals surface area contributed by atoms with E-state index in [1.54, 1.807) is 18.3 Å². The summed E-state index contributed by atoms with van der Waals surface area (Å²) in [7, 11) is 0. The molecular formula is C11H12FN5. The summed E-state index contributed by atoms with van der Waals surface area (Å²) in [5.74, 6) is 5.80. The highest BCUT2D eigenvalue weighted by Gasteiger charge is 2.03. The Morgan fingerprint density at radius 1 is 1.35 bits per heavy atom. The molecule has 1 aromatic carbocycles. The molecule has 0 amide bonds. The van der Waals surface area contributed by atoms with E-state index in [1.165, 1.54) is 12.1 Å². The third kappa shape index (κ3) is 2.67. The Bertz CT molecular complexity index is 529. The molecular weight excluding hydrogens is 221 g/mol. The van der Waals surface area contributed by atoms with Crippen LogP contribution in [0.25, 0.3) is 0 Å². The van der Waals surface area contributed by atoms with Gasteiger partial charge in [0.1, 0.15) is 11.6 Å². The van der Waals surface area contributed by atoms with Gasteiger partial charge in [0, 0.05) is 17.4 Å². The standard InChI is InChI=1S/C11H12FN5/c1-7-6-14-11(17-13)16-10(7)15-9-4-2-3-8(12)5-9/h2-6H,13H2,1H3,(H2,14,15,16,17). The lowest BCUT2D eigenvalue weighted by Gasteiger charge is -2.09. The molecule has 0 aliphatic carbocycles. The van der Waals surface area contributed by atoms with Crippen LogP contribution in [0.2, 0.25) is 0 Å². The second-order valence-corrected chi connectivity index (χ2v) is 3.50. The van der Waals surface area contributed by atoms with Crippen molar-refractivity contribution in [1.29, 1.82) is 0 Å². The van der Waals surface area contributed by atoms with Gasteiger partial charge < -0.3 is 5.32 Å². The average Bonchev–Trinajstić information content (AvgIpc) is 2.32. The van der Waals surface area contributed by atoms with E-state index in [2.05, 4.69) is 20.7 Å². The van der Waals surface area contributed by atoms with Crippen molar-refractivity contribution in [2.75, 3.05) is 10.7 Å². The molecule has 0 bridgehead atoms. The number of aromatic nitrogens is 2. The molecule has 88 valence electrons. The summed E-state index contributed by atoms with van der Waals surface area (Å²) in [4.78, 5) is 8.09. The van der Waals surface area contributed by atoms with E-state index in [0.717, 1.165) is 5.56 Å². The molecule has 0 aliphatic rings. The Morgan fingerprint density at radius 3 is 2.88 bits per heavy atom. The Balaban J connectivity index is 2.29. The molecule has 1 heterocycles. The molecule has 0 radical (unpaired) electrons. The molecule has 2 aromatic rings. The van der Waals surface area contributed by atoms with Crippen molar-refractivity contribution >= 4 is 17.5 Å².